The minimum Gasteiger partial charge on any atom is -0.388 e. The molecule has 1 amide bonds. The average molecular weight is 330 g/mol. The lowest BCUT2D eigenvalue weighted by Gasteiger charge is -2.19. The molecule has 24 heavy (non-hydrogen) atoms. The van der Waals surface area contributed by atoms with E-state index in [0.717, 1.165) is 11.1 Å². The minimum atomic E-state index is -0.564. The maximum absolute atomic E-state index is 13.6. The van der Waals surface area contributed by atoms with E-state index in [1.807, 2.05) is 37.3 Å². The molecular formula is C19H23FN2O2. The normalized spacial score (nSPS) is 12.2. The molecule has 0 fully saturated rings. The Balaban J connectivity index is 1.80. The first-order chi connectivity index (χ1) is 11.5. The molecule has 0 radical (unpaired) electrons. The van der Waals surface area contributed by atoms with E-state index in [-0.39, 0.29) is 18.1 Å². The fraction of sp³-hybridized carbons (Fsp3) is 0.316. The van der Waals surface area contributed by atoms with Gasteiger partial charge in [-0.3, -0.25) is 9.69 Å². The summed E-state index contributed by atoms with van der Waals surface area (Å²) in [7, 11) is 1.80. The summed E-state index contributed by atoms with van der Waals surface area (Å²) in [5.74, 6) is -0.729. The number of carbonyl (C=O) groups is 1. The zero-order chi connectivity index (χ0) is 17.5. The van der Waals surface area contributed by atoms with Crippen LogP contribution in [0.1, 0.15) is 23.7 Å². The molecule has 0 saturated carbocycles. The highest BCUT2D eigenvalue weighted by Crippen LogP contribution is 2.17. The van der Waals surface area contributed by atoms with E-state index in [9.17, 15) is 14.3 Å². The smallest absolute Gasteiger partial charge is 0.238 e. The SMILES string of the molecule is Cc1ccc(F)c(NC(=O)CN(C)CCC(O)c2ccccc2)c1. The van der Waals surface area contributed by atoms with Crippen molar-refractivity contribution >= 4 is 11.6 Å². The fourth-order valence-corrected chi connectivity index (χ4v) is 2.43. The molecule has 5 heteroatoms. The summed E-state index contributed by atoms with van der Waals surface area (Å²) in [5, 5.41) is 12.7. The number of hydrogen-bond donors (Lipinski definition) is 2. The lowest BCUT2D eigenvalue weighted by atomic mass is 10.1. The Morgan fingerprint density at radius 1 is 1.25 bits per heavy atom. The Labute approximate surface area is 141 Å². The Hall–Kier alpha value is -2.24. The second-order valence-corrected chi connectivity index (χ2v) is 5.98. The van der Waals surface area contributed by atoms with Gasteiger partial charge < -0.3 is 10.4 Å². The number of rotatable bonds is 7. The molecule has 128 valence electrons. The molecule has 0 aromatic heterocycles. The third-order valence-electron chi connectivity index (χ3n) is 3.78. The van der Waals surface area contributed by atoms with Gasteiger partial charge in [0, 0.05) is 6.54 Å². The van der Waals surface area contributed by atoms with Crippen LogP contribution in [0.4, 0.5) is 10.1 Å². The second-order valence-electron chi connectivity index (χ2n) is 5.98. The van der Waals surface area contributed by atoms with Crippen LogP contribution in [0.25, 0.3) is 0 Å². The molecule has 0 heterocycles. The number of aliphatic hydroxyl groups is 1. The van der Waals surface area contributed by atoms with Crippen LogP contribution in [0.3, 0.4) is 0 Å². The molecule has 4 nitrogen and oxygen atoms in total. The number of aliphatic hydroxyl groups excluding tert-OH is 1. The van der Waals surface area contributed by atoms with Crippen LogP contribution in [0, 0.1) is 12.7 Å². The quantitative estimate of drug-likeness (QED) is 0.820. The van der Waals surface area contributed by atoms with E-state index >= 15 is 0 Å². The number of amides is 1. The van der Waals surface area contributed by atoms with Gasteiger partial charge in [-0.25, -0.2) is 4.39 Å². The first-order valence-corrected chi connectivity index (χ1v) is 7.93. The van der Waals surface area contributed by atoms with E-state index in [2.05, 4.69) is 5.32 Å². The summed E-state index contributed by atoms with van der Waals surface area (Å²) < 4.78 is 13.6. The molecule has 2 aromatic rings. The number of nitrogens with one attached hydrogen (secondary N) is 1. The predicted molar refractivity (Wildman–Crippen MR) is 93.3 cm³/mol. The number of halogens is 1. The number of benzene rings is 2. The first-order valence-electron chi connectivity index (χ1n) is 7.93. The van der Waals surface area contributed by atoms with Gasteiger partial charge in [-0.05, 0) is 43.7 Å². The third-order valence-corrected chi connectivity index (χ3v) is 3.78. The van der Waals surface area contributed by atoms with Gasteiger partial charge in [-0.2, -0.15) is 0 Å². The summed E-state index contributed by atoms with van der Waals surface area (Å²) >= 11 is 0. The number of nitrogens with zero attached hydrogens (tertiary/aromatic N) is 1. The summed E-state index contributed by atoms with van der Waals surface area (Å²) in [6.07, 6.45) is -0.0435. The van der Waals surface area contributed by atoms with Crippen molar-refractivity contribution in [3.63, 3.8) is 0 Å². The third kappa shape index (κ3) is 5.44. The topological polar surface area (TPSA) is 52.6 Å². The maximum atomic E-state index is 13.6. The Morgan fingerprint density at radius 3 is 2.67 bits per heavy atom. The number of aryl methyl sites for hydroxylation is 1. The number of likely N-dealkylation sites (N-methyl/N-ethyl adjacent to an activating group) is 1. The Morgan fingerprint density at radius 2 is 1.96 bits per heavy atom. The van der Waals surface area contributed by atoms with E-state index in [1.165, 1.54) is 6.07 Å². The van der Waals surface area contributed by atoms with Gasteiger partial charge in [0.1, 0.15) is 5.82 Å². The summed E-state index contributed by atoms with van der Waals surface area (Å²) in [5.41, 5.74) is 1.93. The fourth-order valence-electron chi connectivity index (χ4n) is 2.43. The van der Waals surface area contributed by atoms with Gasteiger partial charge >= 0.3 is 0 Å². The standard InChI is InChI=1S/C19H23FN2O2/c1-14-8-9-16(20)17(12-14)21-19(24)13-22(2)11-10-18(23)15-6-4-3-5-7-15/h3-9,12,18,23H,10-11,13H2,1-2H3,(H,21,24). The monoisotopic (exact) mass is 330 g/mol. The maximum Gasteiger partial charge on any atom is 0.238 e. The van der Waals surface area contributed by atoms with Gasteiger partial charge in [-0.15, -0.1) is 0 Å². The van der Waals surface area contributed by atoms with Crippen molar-refractivity contribution in [2.45, 2.75) is 19.4 Å². The van der Waals surface area contributed by atoms with Crippen molar-refractivity contribution in [1.82, 2.24) is 4.90 Å². The van der Waals surface area contributed by atoms with Crippen LogP contribution < -0.4 is 5.32 Å². The van der Waals surface area contributed by atoms with E-state index in [0.29, 0.717) is 13.0 Å². The minimum absolute atomic E-state index is 0.134. The first kappa shape index (κ1) is 18.1. The van der Waals surface area contributed by atoms with Crippen molar-refractivity contribution in [2.24, 2.45) is 0 Å². The molecule has 0 saturated heterocycles. The molecular weight excluding hydrogens is 307 g/mol. The van der Waals surface area contributed by atoms with Crippen LogP contribution in [-0.4, -0.2) is 36.1 Å². The molecule has 0 spiro atoms. The van der Waals surface area contributed by atoms with Crippen LogP contribution in [0.15, 0.2) is 48.5 Å². The van der Waals surface area contributed by atoms with Gasteiger partial charge in [0.05, 0.1) is 18.3 Å². The molecule has 2 rings (SSSR count). The van der Waals surface area contributed by atoms with Gasteiger partial charge in [-0.1, -0.05) is 36.4 Å². The average Bonchev–Trinajstić information content (AvgIpc) is 2.56. The highest BCUT2D eigenvalue weighted by atomic mass is 19.1. The molecule has 0 aliphatic carbocycles. The largest absolute Gasteiger partial charge is 0.388 e. The summed E-state index contributed by atoms with van der Waals surface area (Å²) in [4.78, 5) is 13.8. The number of carbonyl (C=O) groups excluding carboxylic acids is 1. The lowest BCUT2D eigenvalue weighted by Crippen LogP contribution is -2.31. The second kappa shape index (κ2) is 8.57. The predicted octanol–water partition coefficient (Wildman–Crippen LogP) is 3.13. The van der Waals surface area contributed by atoms with Crippen molar-refractivity contribution in [1.29, 1.82) is 0 Å². The molecule has 0 aliphatic heterocycles. The number of hydrogen-bond acceptors (Lipinski definition) is 3. The van der Waals surface area contributed by atoms with Gasteiger partial charge in [0.2, 0.25) is 5.91 Å². The van der Waals surface area contributed by atoms with Crippen molar-refractivity contribution in [2.75, 3.05) is 25.5 Å². The molecule has 2 N–H and O–H groups in total. The van der Waals surface area contributed by atoms with Crippen molar-refractivity contribution < 1.29 is 14.3 Å². The summed E-state index contributed by atoms with van der Waals surface area (Å²) in [6.45, 7) is 2.53. The van der Waals surface area contributed by atoms with Crippen molar-refractivity contribution in [3.8, 4) is 0 Å². The Kier molecular flexibility index (Phi) is 6.46. The highest BCUT2D eigenvalue weighted by molar-refractivity contribution is 5.92. The molecule has 2 aromatic carbocycles. The van der Waals surface area contributed by atoms with Crippen molar-refractivity contribution in [3.05, 3.63) is 65.5 Å². The van der Waals surface area contributed by atoms with Crippen LogP contribution in [-0.2, 0) is 4.79 Å². The Bertz CT molecular complexity index is 676. The lowest BCUT2D eigenvalue weighted by molar-refractivity contribution is -0.117. The zero-order valence-electron chi connectivity index (χ0n) is 14.0. The van der Waals surface area contributed by atoms with Gasteiger partial charge in [0.15, 0.2) is 0 Å². The summed E-state index contributed by atoms with van der Waals surface area (Å²) in [6, 6.07) is 14.0. The molecule has 0 bridgehead atoms. The highest BCUT2D eigenvalue weighted by Gasteiger charge is 2.12. The molecule has 1 atom stereocenters. The van der Waals surface area contributed by atoms with Crippen LogP contribution >= 0.6 is 0 Å². The molecule has 1 unspecified atom stereocenters. The molecule has 0 aliphatic rings. The van der Waals surface area contributed by atoms with E-state index < -0.39 is 11.9 Å². The number of anilines is 1. The van der Waals surface area contributed by atoms with Gasteiger partial charge in [0.25, 0.3) is 0 Å². The van der Waals surface area contributed by atoms with Crippen LogP contribution in [0.2, 0.25) is 0 Å². The van der Waals surface area contributed by atoms with Crippen LogP contribution in [0.5, 0.6) is 0 Å². The zero-order valence-corrected chi connectivity index (χ0v) is 14.0. The van der Waals surface area contributed by atoms with E-state index in [1.54, 1.807) is 24.1 Å². The van der Waals surface area contributed by atoms with E-state index in [4.69, 9.17) is 0 Å².